The summed E-state index contributed by atoms with van der Waals surface area (Å²) in [7, 11) is 0. The third-order valence-corrected chi connectivity index (χ3v) is 4.26. The van der Waals surface area contributed by atoms with Crippen LogP contribution in [0.5, 0.6) is 11.6 Å². The van der Waals surface area contributed by atoms with Gasteiger partial charge in [0.05, 0.1) is 25.3 Å². The molecule has 0 radical (unpaired) electrons. The third kappa shape index (κ3) is 6.31. The van der Waals surface area contributed by atoms with Crippen LogP contribution in [0.2, 0.25) is 0 Å². The Kier molecular flexibility index (Phi) is 7.16. The number of nitrogens with one attached hydrogen (secondary N) is 1. The summed E-state index contributed by atoms with van der Waals surface area (Å²) in [5.41, 5.74) is 3.94. The van der Waals surface area contributed by atoms with Crippen LogP contribution in [0.25, 0.3) is 11.3 Å². The SMILES string of the molecule is CCOc1ccc(CC(=O)NCCOc2ccc(-c3ccc(C)cc3)nn2)cc1. The van der Waals surface area contributed by atoms with E-state index in [9.17, 15) is 4.79 Å². The molecular formula is C23H25N3O3. The van der Waals surface area contributed by atoms with Crippen LogP contribution in [0, 0.1) is 6.92 Å². The molecule has 3 aromatic rings. The molecule has 1 aromatic heterocycles. The molecule has 150 valence electrons. The molecule has 0 bridgehead atoms. The van der Waals surface area contributed by atoms with Gasteiger partial charge in [-0.05, 0) is 37.6 Å². The Morgan fingerprint density at radius 3 is 2.34 bits per heavy atom. The summed E-state index contributed by atoms with van der Waals surface area (Å²) in [6.07, 6.45) is 0.317. The minimum absolute atomic E-state index is 0.0569. The van der Waals surface area contributed by atoms with Crippen molar-refractivity contribution in [2.24, 2.45) is 0 Å². The quantitative estimate of drug-likeness (QED) is 0.564. The topological polar surface area (TPSA) is 73.3 Å². The zero-order valence-electron chi connectivity index (χ0n) is 16.7. The molecule has 1 N–H and O–H groups in total. The number of carbonyl (C=O) groups excluding carboxylic acids is 1. The van der Waals surface area contributed by atoms with Crippen LogP contribution >= 0.6 is 0 Å². The van der Waals surface area contributed by atoms with E-state index in [1.165, 1.54) is 5.56 Å². The fourth-order valence-corrected chi connectivity index (χ4v) is 2.74. The number of nitrogens with zero attached hydrogens (tertiary/aromatic N) is 2. The normalized spacial score (nSPS) is 10.4. The minimum Gasteiger partial charge on any atom is -0.494 e. The summed E-state index contributed by atoms with van der Waals surface area (Å²) >= 11 is 0. The summed E-state index contributed by atoms with van der Waals surface area (Å²) in [5, 5.41) is 11.1. The van der Waals surface area contributed by atoms with Crippen molar-refractivity contribution < 1.29 is 14.3 Å². The van der Waals surface area contributed by atoms with Crippen LogP contribution in [-0.2, 0) is 11.2 Å². The first-order chi connectivity index (χ1) is 14.1. The van der Waals surface area contributed by atoms with Crippen molar-refractivity contribution in [3.8, 4) is 22.9 Å². The van der Waals surface area contributed by atoms with Crippen LogP contribution in [0.1, 0.15) is 18.1 Å². The van der Waals surface area contributed by atoms with Gasteiger partial charge in [-0.15, -0.1) is 10.2 Å². The molecule has 29 heavy (non-hydrogen) atoms. The van der Waals surface area contributed by atoms with Gasteiger partial charge in [-0.2, -0.15) is 0 Å². The second kappa shape index (κ2) is 10.2. The fourth-order valence-electron chi connectivity index (χ4n) is 2.74. The minimum atomic E-state index is -0.0569. The maximum Gasteiger partial charge on any atom is 0.233 e. The second-order valence-corrected chi connectivity index (χ2v) is 6.57. The van der Waals surface area contributed by atoms with E-state index in [0.29, 0.717) is 32.1 Å². The lowest BCUT2D eigenvalue weighted by Crippen LogP contribution is -2.29. The van der Waals surface area contributed by atoms with Crippen molar-refractivity contribution >= 4 is 5.91 Å². The van der Waals surface area contributed by atoms with Crippen LogP contribution in [0.15, 0.2) is 60.7 Å². The van der Waals surface area contributed by atoms with Crippen molar-refractivity contribution in [3.63, 3.8) is 0 Å². The van der Waals surface area contributed by atoms with E-state index in [2.05, 4.69) is 15.5 Å². The zero-order valence-corrected chi connectivity index (χ0v) is 16.7. The average Bonchev–Trinajstić information content (AvgIpc) is 2.74. The Morgan fingerprint density at radius 2 is 1.69 bits per heavy atom. The number of aromatic nitrogens is 2. The Balaban J connectivity index is 1.39. The maximum atomic E-state index is 12.0. The number of hydrogen-bond acceptors (Lipinski definition) is 5. The molecular weight excluding hydrogens is 366 g/mol. The fraction of sp³-hybridized carbons (Fsp3) is 0.261. The Labute approximate surface area is 170 Å². The molecule has 0 atom stereocenters. The van der Waals surface area contributed by atoms with E-state index in [4.69, 9.17) is 9.47 Å². The Morgan fingerprint density at radius 1 is 0.931 bits per heavy atom. The van der Waals surface area contributed by atoms with E-state index in [0.717, 1.165) is 22.6 Å². The number of amides is 1. The molecule has 0 aliphatic carbocycles. The van der Waals surface area contributed by atoms with Crippen LogP contribution in [-0.4, -0.2) is 35.9 Å². The third-order valence-electron chi connectivity index (χ3n) is 4.26. The first-order valence-electron chi connectivity index (χ1n) is 9.66. The highest BCUT2D eigenvalue weighted by Gasteiger charge is 2.05. The van der Waals surface area contributed by atoms with E-state index < -0.39 is 0 Å². The average molecular weight is 391 g/mol. The van der Waals surface area contributed by atoms with Gasteiger partial charge in [0.2, 0.25) is 11.8 Å². The van der Waals surface area contributed by atoms with Gasteiger partial charge in [-0.25, -0.2) is 0 Å². The summed E-state index contributed by atoms with van der Waals surface area (Å²) in [4.78, 5) is 12.0. The van der Waals surface area contributed by atoms with Crippen LogP contribution in [0.3, 0.4) is 0 Å². The standard InChI is InChI=1S/C23H25N3O3/c1-3-28-20-10-6-18(7-11-20)16-22(27)24-14-15-29-23-13-12-21(25-26-23)19-8-4-17(2)5-9-19/h4-13H,3,14-16H2,1-2H3,(H,24,27). The van der Waals surface area contributed by atoms with E-state index >= 15 is 0 Å². The molecule has 6 nitrogen and oxygen atoms in total. The highest BCUT2D eigenvalue weighted by Crippen LogP contribution is 2.18. The predicted octanol–water partition coefficient (Wildman–Crippen LogP) is 3.59. The van der Waals surface area contributed by atoms with Crippen molar-refractivity contribution in [1.82, 2.24) is 15.5 Å². The molecule has 0 saturated heterocycles. The highest BCUT2D eigenvalue weighted by molar-refractivity contribution is 5.78. The molecule has 1 amide bonds. The predicted molar refractivity (Wildman–Crippen MR) is 112 cm³/mol. The van der Waals surface area contributed by atoms with Crippen molar-refractivity contribution in [3.05, 3.63) is 71.8 Å². The lowest BCUT2D eigenvalue weighted by molar-refractivity contribution is -0.120. The zero-order chi connectivity index (χ0) is 20.5. The van der Waals surface area contributed by atoms with Gasteiger partial charge in [-0.1, -0.05) is 42.0 Å². The summed E-state index contributed by atoms with van der Waals surface area (Å²) < 4.78 is 11.0. The lowest BCUT2D eigenvalue weighted by Gasteiger charge is -2.08. The van der Waals surface area contributed by atoms with Gasteiger partial charge in [0.1, 0.15) is 12.4 Å². The molecule has 0 unspecified atom stereocenters. The molecule has 3 rings (SSSR count). The molecule has 1 heterocycles. The van der Waals surface area contributed by atoms with Gasteiger partial charge in [0.15, 0.2) is 0 Å². The molecule has 0 aliphatic rings. The Hall–Kier alpha value is -3.41. The first kappa shape index (κ1) is 20.3. The smallest absolute Gasteiger partial charge is 0.233 e. The number of aryl methyl sites for hydroxylation is 1. The van der Waals surface area contributed by atoms with Crippen molar-refractivity contribution in [2.45, 2.75) is 20.3 Å². The monoisotopic (exact) mass is 391 g/mol. The van der Waals surface area contributed by atoms with E-state index in [1.807, 2.05) is 68.4 Å². The van der Waals surface area contributed by atoms with Crippen LogP contribution < -0.4 is 14.8 Å². The van der Waals surface area contributed by atoms with Crippen LogP contribution in [0.4, 0.5) is 0 Å². The number of carbonyl (C=O) groups is 1. The molecule has 0 saturated carbocycles. The lowest BCUT2D eigenvalue weighted by atomic mass is 10.1. The van der Waals surface area contributed by atoms with Gasteiger partial charge in [0.25, 0.3) is 0 Å². The molecule has 0 fully saturated rings. The Bertz CT molecular complexity index is 908. The van der Waals surface area contributed by atoms with Gasteiger partial charge >= 0.3 is 0 Å². The molecule has 0 aliphatic heterocycles. The van der Waals surface area contributed by atoms with Crippen molar-refractivity contribution in [1.29, 1.82) is 0 Å². The number of rotatable bonds is 9. The van der Waals surface area contributed by atoms with E-state index in [1.54, 1.807) is 6.07 Å². The van der Waals surface area contributed by atoms with E-state index in [-0.39, 0.29) is 5.91 Å². The number of hydrogen-bond donors (Lipinski definition) is 1. The highest BCUT2D eigenvalue weighted by atomic mass is 16.5. The molecule has 2 aromatic carbocycles. The largest absolute Gasteiger partial charge is 0.494 e. The van der Waals surface area contributed by atoms with Crippen molar-refractivity contribution in [2.75, 3.05) is 19.8 Å². The van der Waals surface area contributed by atoms with Gasteiger partial charge in [0, 0.05) is 11.6 Å². The number of benzene rings is 2. The summed E-state index contributed by atoms with van der Waals surface area (Å²) in [6.45, 7) is 5.33. The molecule has 6 heteroatoms. The van der Waals surface area contributed by atoms with Gasteiger partial charge in [-0.3, -0.25) is 4.79 Å². The maximum absolute atomic E-state index is 12.0. The van der Waals surface area contributed by atoms with Gasteiger partial charge < -0.3 is 14.8 Å². The summed E-state index contributed by atoms with van der Waals surface area (Å²) in [6, 6.07) is 19.3. The second-order valence-electron chi connectivity index (χ2n) is 6.57. The first-order valence-corrected chi connectivity index (χ1v) is 9.66. The molecule has 0 spiro atoms. The summed E-state index contributed by atoms with van der Waals surface area (Å²) in [5.74, 6) is 1.18. The number of ether oxygens (including phenoxy) is 2.